The summed E-state index contributed by atoms with van der Waals surface area (Å²) in [5.41, 5.74) is 9.05. The van der Waals surface area contributed by atoms with E-state index in [2.05, 4.69) is 24.9 Å². The van der Waals surface area contributed by atoms with E-state index >= 15 is 0 Å². The predicted octanol–water partition coefficient (Wildman–Crippen LogP) is 0.326. The van der Waals surface area contributed by atoms with Gasteiger partial charge in [-0.25, -0.2) is 24.3 Å². The van der Waals surface area contributed by atoms with Crippen molar-refractivity contribution in [1.82, 2.24) is 19.5 Å². The van der Waals surface area contributed by atoms with Gasteiger partial charge in [-0.15, -0.1) is 0 Å². The molecule has 16 nitrogen and oxygen atoms in total. The number of phosphoric ester groups is 1. The molecular weight excluding hydrogens is 549 g/mol. The van der Waals surface area contributed by atoms with E-state index in [1.807, 2.05) is 0 Å². The monoisotopic (exact) mass is 573 g/mol. The maximum atomic E-state index is 12.6. The molecule has 2 aromatic heterocycles. The Labute approximate surface area is 225 Å². The molecule has 3 aromatic rings. The van der Waals surface area contributed by atoms with Gasteiger partial charge in [0.25, 0.3) is 0 Å². The summed E-state index contributed by atoms with van der Waals surface area (Å²) in [6, 6.07) is 3.80. The van der Waals surface area contributed by atoms with Gasteiger partial charge >= 0.3 is 13.8 Å². The Bertz CT molecular complexity index is 1610. The summed E-state index contributed by atoms with van der Waals surface area (Å²) in [6.07, 6.45) is -1.80. The first kappa shape index (κ1) is 26.4. The van der Waals surface area contributed by atoms with Crippen LogP contribution in [0, 0.1) is 0 Å². The molecule has 0 radical (unpaired) electrons. The van der Waals surface area contributed by atoms with Crippen LogP contribution in [-0.2, 0) is 29.6 Å². The molecule has 3 aliphatic rings. The van der Waals surface area contributed by atoms with Crippen LogP contribution in [0.4, 0.5) is 11.5 Å². The number of hydrogen-bond donors (Lipinski definition) is 5. The quantitative estimate of drug-likeness (QED) is 0.240. The van der Waals surface area contributed by atoms with Gasteiger partial charge < -0.3 is 30.3 Å². The summed E-state index contributed by atoms with van der Waals surface area (Å²) in [4.78, 5) is 43.5. The Morgan fingerprint density at radius 1 is 1.20 bits per heavy atom. The van der Waals surface area contributed by atoms with Crippen LogP contribution in [0.5, 0.6) is 5.75 Å². The number of rotatable bonds is 7. The first-order valence-electron chi connectivity index (χ1n) is 12.2. The molecule has 5 heterocycles. The number of imidazole rings is 1. The zero-order chi connectivity index (χ0) is 28.2. The smallest absolute Gasteiger partial charge is 0.508 e. The highest BCUT2D eigenvalue weighted by Crippen LogP contribution is 2.45. The van der Waals surface area contributed by atoms with Crippen LogP contribution in [0.1, 0.15) is 24.6 Å². The van der Waals surface area contributed by atoms with Crippen molar-refractivity contribution in [2.24, 2.45) is 9.98 Å². The standard InChI is InChI=1S/C23H24N7O9P/c24-20-17-21(26-8-25-20)30(9-27-17)22-19(33)18(32)16(38-22)7-37-40(35,36)39-23(34)14-4-3-13(29-14)15-6-10-5-11(31)1-2-12(10)28-15/h1-2,5,8-9,14,16,18-19,22,31-33H,3-4,6-7H2,(H,35,36)(H2,24,25,26)/t14?,16?,18-,19-,22-/m1/s1. The minimum atomic E-state index is -4.93. The third kappa shape index (κ3) is 4.85. The van der Waals surface area contributed by atoms with Gasteiger partial charge in [0.1, 0.15) is 41.9 Å². The Morgan fingerprint density at radius 3 is 2.85 bits per heavy atom. The lowest BCUT2D eigenvalue weighted by Crippen LogP contribution is -2.33. The molecule has 0 spiro atoms. The second-order valence-electron chi connectivity index (χ2n) is 9.48. The van der Waals surface area contributed by atoms with E-state index in [4.69, 9.17) is 19.5 Å². The van der Waals surface area contributed by atoms with Gasteiger partial charge in [-0.05, 0) is 36.6 Å². The fourth-order valence-corrected chi connectivity index (χ4v) is 5.59. The van der Waals surface area contributed by atoms with Crippen molar-refractivity contribution in [3.63, 3.8) is 0 Å². The van der Waals surface area contributed by atoms with Crippen molar-refractivity contribution < 1.29 is 43.4 Å². The molecule has 0 amide bonds. The molecule has 6 rings (SSSR count). The number of nitrogens with two attached hydrogens (primary N) is 1. The van der Waals surface area contributed by atoms with Crippen LogP contribution < -0.4 is 5.73 Å². The van der Waals surface area contributed by atoms with E-state index in [9.17, 15) is 29.6 Å². The lowest BCUT2D eigenvalue weighted by molar-refractivity contribution is -0.137. The molecule has 0 aliphatic carbocycles. The van der Waals surface area contributed by atoms with Gasteiger partial charge in [-0.2, -0.15) is 0 Å². The molecule has 40 heavy (non-hydrogen) atoms. The molecule has 17 heteroatoms. The number of ether oxygens (including phenoxy) is 1. The highest BCUT2D eigenvalue weighted by Gasteiger charge is 2.46. The van der Waals surface area contributed by atoms with E-state index < -0.39 is 51.0 Å². The van der Waals surface area contributed by atoms with E-state index in [-0.39, 0.29) is 29.2 Å². The number of hydrogen-bond acceptors (Lipinski definition) is 14. The average molecular weight is 573 g/mol. The topological polar surface area (TPSA) is 237 Å². The van der Waals surface area contributed by atoms with Crippen molar-refractivity contribution in [3.8, 4) is 5.75 Å². The number of carbonyl (C=O) groups is 1. The lowest BCUT2D eigenvalue weighted by atomic mass is 10.1. The molecule has 210 valence electrons. The van der Waals surface area contributed by atoms with Crippen LogP contribution in [0.15, 0.2) is 40.8 Å². The predicted molar refractivity (Wildman–Crippen MR) is 137 cm³/mol. The summed E-state index contributed by atoms with van der Waals surface area (Å²) in [5, 5.41) is 30.6. The number of nitrogen functional groups attached to an aromatic ring is 1. The number of nitrogens with zero attached hydrogens (tertiary/aromatic N) is 6. The molecule has 3 unspecified atom stereocenters. The number of carbonyl (C=O) groups excluding carboxylic acids is 1. The highest BCUT2D eigenvalue weighted by atomic mass is 31.2. The summed E-state index contributed by atoms with van der Waals surface area (Å²) in [6.45, 7) is -0.680. The van der Waals surface area contributed by atoms with Crippen molar-refractivity contribution in [3.05, 3.63) is 36.4 Å². The Hall–Kier alpha value is -3.79. The fraction of sp³-hybridized carbons (Fsp3) is 0.391. The van der Waals surface area contributed by atoms with Gasteiger partial charge in [0.05, 0.1) is 30.0 Å². The zero-order valence-electron chi connectivity index (χ0n) is 20.6. The zero-order valence-corrected chi connectivity index (χ0v) is 21.5. The molecule has 3 aliphatic heterocycles. The first-order chi connectivity index (χ1) is 19.1. The third-order valence-electron chi connectivity index (χ3n) is 6.85. The number of fused-ring (bicyclic) bond motifs is 2. The van der Waals surface area contributed by atoms with Crippen molar-refractivity contribution in [2.45, 2.75) is 49.8 Å². The number of aliphatic hydroxyl groups excluding tert-OH is 2. The van der Waals surface area contributed by atoms with Gasteiger partial charge in [0.15, 0.2) is 17.7 Å². The highest BCUT2D eigenvalue weighted by molar-refractivity contribution is 7.48. The second kappa shape index (κ2) is 9.99. The lowest BCUT2D eigenvalue weighted by Gasteiger charge is -2.18. The Kier molecular flexibility index (Phi) is 6.60. The molecule has 0 saturated carbocycles. The van der Waals surface area contributed by atoms with Crippen LogP contribution in [0.3, 0.4) is 0 Å². The molecule has 1 saturated heterocycles. The third-order valence-corrected chi connectivity index (χ3v) is 7.74. The molecule has 6 N–H and O–H groups in total. The summed E-state index contributed by atoms with van der Waals surface area (Å²) in [5.74, 6) is -0.818. The summed E-state index contributed by atoms with van der Waals surface area (Å²) in [7, 11) is -4.93. The number of aliphatic hydroxyl groups is 2. The first-order valence-corrected chi connectivity index (χ1v) is 13.7. The average Bonchev–Trinajstić information content (AvgIpc) is 3.69. The number of phenols is 1. The molecule has 1 aromatic carbocycles. The minimum absolute atomic E-state index is 0.111. The van der Waals surface area contributed by atoms with E-state index in [1.54, 1.807) is 12.1 Å². The van der Waals surface area contributed by atoms with E-state index in [1.165, 1.54) is 23.3 Å². The number of aliphatic imine (C=N–C) groups is 2. The maximum Gasteiger partial charge on any atom is 0.529 e. The number of anilines is 1. The Morgan fingerprint density at radius 2 is 2.02 bits per heavy atom. The van der Waals surface area contributed by atoms with E-state index in [0.29, 0.717) is 30.0 Å². The minimum Gasteiger partial charge on any atom is -0.508 e. The van der Waals surface area contributed by atoms with Gasteiger partial charge in [0.2, 0.25) is 0 Å². The van der Waals surface area contributed by atoms with Gasteiger partial charge in [-0.1, -0.05) is 0 Å². The van der Waals surface area contributed by atoms with Gasteiger partial charge in [-0.3, -0.25) is 24.0 Å². The largest absolute Gasteiger partial charge is 0.529 e. The van der Waals surface area contributed by atoms with Crippen LogP contribution >= 0.6 is 7.82 Å². The second-order valence-corrected chi connectivity index (χ2v) is 10.9. The number of aromatic hydroxyl groups is 1. The molecule has 6 atom stereocenters. The number of phenolic OH excluding ortho intramolecular Hbond substituents is 1. The number of phosphoric acid groups is 1. The molecular formula is C23H24N7O9P. The maximum absolute atomic E-state index is 12.6. The SMILES string of the molecule is Nc1ncnc2c1ncn2[C@@H]1OC(COP(=O)(O)OC(=O)C2CCC(C3=Nc4ccc(O)cc4C3)=N2)[C@@H](O)[C@H]1O. The normalized spacial score (nSPS) is 27.3. The summed E-state index contributed by atoms with van der Waals surface area (Å²) >= 11 is 0. The van der Waals surface area contributed by atoms with Gasteiger partial charge in [0, 0.05) is 6.42 Å². The van der Waals surface area contributed by atoms with Crippen molar-refractivity contribution in [2.75, 3.05) is 12.3 Å². The molecule has 0 bridgehead atoms. The fourth-order valence-electron chi connectivity index (χ4n) is 4.86. The van der Waals surface area contributed by atoms with Crippen molar-refractivity contribution >= 4 is 47.9 Å². The van der Waals surface area contributed by atoms with Crippen LogP contribution in [0.25, 0.3) is 11.2 Å². The van der Waals surface area contributed by atoms with Crippen LogP contribution in [-0.4, -0.2) is 88.1 Å². The number of benzene rings is 1. The Balaban J connectivity index is 1.06. The van der Waals surface area contributed by atoms with E-state index in [0.717, 1.165) is 5.56 Å². The molecule has 1 fully saturated rings. The summed E-state index contributed by atoms with van der Waals surface area (Å²) < 4.78 is 29.2. The van der Waals surface area contributed by atoms with Crippen molar-refractivity contribution in [1.29, 1.82) is 0 Å². The van der Waals surface area contributed by atoms with Crippen LogP contribution in [0.2, 0.25) is 0 Å². The number of aromatic nitrogens is 4.